The number of carboxylic acid groups (broad SMARTS) is 1. The van der Waals surface area contributed by atoms with Crippen molar-refractivity contribution in [1.29, 1.82) is 0 Å². The van der Waals surface area contributed by atoms with Gasteiger partial charge in [-0.3, -0.25) is 9.59 Å². The van der Waals surface area contributed by atoms with Crippen molar-refractivity contribution in [2.75, 3.05) is 20.1 Å². The molecule has 0 aromatic heterocycles. The molecule has 1 aliphatic rings. The lowest BCUT2D eigenvalue weighted by atomic mass is 9.79. The first-order valence-corrected chi connectivity index (χ1v) is 6.69. The van der Waals surface area contributed by atoms with Crippen LogP contribution in [0, 0.1) is 5.41 Å². The zero-order chi connectivity index (χ0) is 13.6. The van der Waals surface area contributed by atoms with Crippen molar-refractivity contribution in [1.82, 2.24) is 4.90 Å². The van der Waals surface area contributed by atoms with Crippen molar-refractivity contribution < 1.29 is 14.7 Å². The highest BCUT2D eigenvalue weighted by Crippen LogP contribution is 2.35. The Bertz CT molecular complexity index is 297. The summed E-state index contributed by atoms with van der Waals surface area (Å²) in [5.41, 5.74) is 5.38. The Morgan fingerprint density at radius 2 is 1.78 bits per heavy atom. The molecule has 1 saturated carbocycles. The summed E-state index contributed by atoms with van der Waals surface area (Å²) in [4.78, 5) is 24.5. The third-order valence-electron chi connectivity index (χ3n) is 3.91. The van der Waals surface area contributed by atoms with Gasteiger partial charge in [0.15, 0.2) is 0 Å². The van der Waals surface area contributed by atoms with Crippen LogP contribution in [0.5, 0.6) is 0 Å². The van der Waals surface area contributed by atoms with Crippen molar-refractivity contribution >= 4 is 11.9 Å². The summed E-state index contributed by atoms with van der Waals surface area (Å²) in [5, 5.41) is 8.66. The smallest absolute Gasteiger partial charge is 0.305 e. The van der Waals surface area contributed by atoms with Crippen molar-refractivity contribution in [2.24, 2.45) is 11.1 Å². The molecule has 0 aromatic carbocycles. The molecule has 1 rings (SSSR count). The zero-order valence-electron chi connectivity index (χ0n) is 11.2. The Hall–Kier alpha value is -1.10. The minimum absolute atomic E-state index is 0.0110. The molecule has 0 spiro atoms. The largest absolute Gasteiger partial charge is 0.481 e. The van der Waals surface area contributed by atoms with Gasteiger partial charge in [-0.1, -0.05) is 25.7 Å². The van der Waals surface area contributed by atoms with Crippen molar-refractivity contribution in [3.8, 4) is 0 Å². The van der Waals surface area contributed by atoms with Crippen LogP contribution in [-0.2, 0) is 9.59 Å². The van der Waals surface area contributed by atoms with Gasteiger partial charge in [0.1, 0.15) is 0 Å². The highest BCUT2D eigenvalue weighted by molar-refractivity contribution is 5.83. The van der Waals surface area contributed by atoms with E-state index in [-0.39, 0.29) is 18.9 Å². The van der Waals surface area contributed by atoms with Gasteiger partial charge in [-0.25, -0.2) is 0 Å². The van der Waals surface area contributed by atoms with Crippen molar-refractivity contribution in [3.05, 3.63) is 0 Å². The number of carboxylic acids is 1. The molecule has 1 fully saturated rings. The van der Waals surface area contributed by atoms with E-state index in [1.54, 1.807) is 7.05 Å². The fraction of sp³-hybridized carbons (Fsp3) is 0.846. The highest BCUT2D eigenvalue weighted by Gasteiger charge is 2.38. The third-order valence-corrected chi connectivity index (χ3v) is 3.91. The van der Waals surface area contributed by atoms with Crippen molar-refractivity contribution in [3.63, 3.8) is 0 Å². The van der Waals surface area contributed by atoms with Gasteiger partial charge in [-0.05, 0) is 12.8 Å². The zero-order valence-corrected chi connectivity index (χ0v) is 11.2. The van der Waals surface area contributed by atoms with Gasteiger partial charge in [-0.15, -0.1) is 0 Å². The number of carbonyl (C=O) groups excluding carboxylic acids is 1. The Balaban J connectivity index is 2.67. The summed E-state index contributed by atoms with van der Waals surface area (Å²) in [6.45, 7) is 0.624. The van der Waals surface area contributed by atoms with Gasteiger partial charge >= 0.3 is 5.97 Å². The molecular weight excluding hydrogens is 232 g/mol. The van der Waals surface area contributed by atoms with Gasteiger partial charge < -0.3 is 15.7 Å². The molecule has 1 aliphatic carbocycles. The van der Waals surface area contributed by atoms with Gasteiger partial charge in [0.05, 0.1) is 11.8 Å². The molecule has 1 amide bonds. The van der Waals surface area contributed by atoms with E-state index >= 15 is 0 Å². The Morgan fingerprint density at radius 1 is 1.22 bits per heavy atom. The summed E-state index contributed by atoms with van der Waals surface area (Å²) < 4.78 is 0. The topological polar surface area (TPSA) is 83.6 Å². The molecule has 3 N–H and O–H groups in total. The summed E-state index contributed by atoms with van der Waals surface area (Å²) in [7, 11) is 1.67. The SMILES string of the molecule is CN(CCC(=O)O)C(=O)C1(CN)CCCCCC1. The first-order valence-electron chi connectivity index (χ1n) is 6.69. The van der Waals surface area contributed by atoms with Crippen molar-refractivity contribution in [2.45, 2.75) is 44.9 Å². The summed E-state index contributed by atoms with van der Waals surface area (Å²) >= 11 is 0. The molecule has 5 nitrogen and oxygen atoms in total. The second kappa shape index (κ2) is 6.73. The van der Waals surface area contributed by atoms with Crippen LogP contribution < -0.4 is 5.73 Å². The van der Waals surface area contributed by atoms with Gasteiger partial charge in [-0.2, -0.15) is 0 Å². The number of hydrogen-bond donors (Lipinski definition) is 2. The second-order valence-electron chi connectivity index (χ2n) is 5.27. The third kappa shape index (κ3) is 3.70. The predicted octanol–water partition coefficient (Wildman–Crippen LogP) is 1.22. The molecule has 0 aromatic rings. The van der Waals surface area contributed by atoms with Crippen LogP contribution in [0.4, 0.5) is 0 Å². The van der Waals surface area contributed by atoms with E-state index in [1.807, 2.05) is 0 Å². The maximum atomic E-state index is 12.5. The molecule has 0 aliphatic heterocycles. The molecule has 0 bridgehead atoms. The van der Waals surface area contributed by atoms with E-state index in [1.165, 1.54) is 4.90 Å². The van der Waals surface area contributed by atoms with Crippen LogP contribution in [0.1, 0.15) is 44.9 Å². The maximum absolute atomic E-state index is 12.5. The molecule has 104 valence electrons. The van der Waals surface area contributed by atoms with E-state index in [2.05, 4.69) is 0 Å². The number of nitrogens with two attached hydrogens (primary N) is 1. The Kier molecular flexibility index (Phi) is 5.59. The molecule has 0 saturated heterocycles. The van der Waals surface area contributed by atoms with Crippen LogP contribution in [0.25, 0.3) is 0 Å². The minimum atomic E-state index is -0.877. The number of aliphatic carboxylic acids is 1. The van der Waals surface area contributed by atoms with E-state index in [9.17, 15) is 9.59 Å². The fourth-order valence-corrected chi connectivity index (χ4v) is 2.68. The number of carbonyl (C=O) groups is 2. The molecule has 0 heterocycles. The fourth-order valence-electron chi connectivity index (χ4n) is 2.68. The average molecular weight is 256 g/mol. The van der Waals surface area contributed by atoms with E-state index < -0.39 is 11.4 Å². The first kappa shape index (κ1) is 15.0. The Morgan fingerprint density at radius 3 is 2.22 bits per heavy atom. The summed E-state index contributed by atoms with van der Waals surface area (Å²) in [6, 6.07) is 0. The molecule has 0 unspecified atom stereocenters. The first-order chi connectivity index (χ1) is 8.52. The normalized spacial score (nSPS) is 19.0. The van der Waals surface area contributed by atoms with Gasteiger partial charge in [0.2, 0.25) is 5.91 Å². The molecule has 18 heavy (non-hydrogen) atoms. The lowest BCUT2D eigenvalue weighted by Crippen LogP contribution is -2.47. The standard InChI is InChI=1S/C13H24N2O3/c1-15(9-6-11(16)17)12(18)13(10-14)7-4-2-3-5-8-13/h2-10,14H2,1H3,(H,16,17). The molecule has 5 heteroatoms. The van der Waals surface area contributed by atoms with Crippen LogP contribution in [0.2, 0.25) is 0 Å². The highest BCUT2D eigenvalue weighted by atomic mass is 16.4. The molecule has 0 atom stereocenters. The quantitative estimate of drug-likeness (QED) is 0.724. The maximum Gasteiger partial charge on any atom is 0.305 e. The van der Waals surface area contributed by atoms with E-state index in [0.717, 1.165) is 38.5 Å². The minimum Gasteiger partial charge on any atom is -0.481 e. The van der Waals surface area contributed by atoms with Crippen LogP contribution in [-0.4, -0.2) is 42.0 Å². The Labute approximate surface area is 108 Å². The number of rotatable bonds is 5. The molecule has 0 radical (unpaired) electrons. The predicted molar refractivity (Wildman–Crippen MR) is 69.1 cm³/mol. The number of amides is 1. The summed E-state index contributed by atoms with van der Waals surface area (Å²) in [5.74, 6) is -0.856. The monoisotopic (exact) mass is 256 g/mol. The lowest BCUT2D eigenvalue weighted by molar-refractivity contribution is -0.143. The molecular formula is C13H24N2O3. The number of hydrogen-bond acceptors (Lipinski definition) is 3. The second-order valence-corrected chi connectivity index (χ2v) is 5.27. The van der Waals surface area contributed by atoms with Gasteiger partial charge in [0, 0.05) is 20.1 Å². The van der Waals surface area contributed by atoms with E-state index in [0.29, 0.717) is 6.54 Å². The number of nitrogens with zero attached hydrogens (tertiary/aromatic N) is 1. The van der Waals surface area contributed by atoms with Crippen LogP contribution in [0.3, 0.4) is 0 Å². The van der Waals surface area contributed by atoms with Crippen LogP contribution in [0.15, 0.2) is 0 Å². The van der Waals surface area contributed by atoms with Crippen LogP contribution >= 0.6 is 0 Å². The summed E-state index contributed by atoms with van der Waals surface area (Å²) in [6.07, 6.45) is 6.05. The van der Waals surface area contributed by atoms with E-state index in [4.69, 9.17) is 10.8 Å². The lowest BCUT2D eigenvalue weighted by Gasteiger charge is -2.34. The average Bonchev–Trinajstić information content (AvgIpc) is 2.61. The van der Waals surface area contributed by atoms with Gasteiger partial charge in [0.25, 0.3) is 0 Å².